The first-order valence-corrected chi connectivity index (χ1v) is 11.8. The highest BCUT2D eigenvalue weighted by Crippen LogP contribution is 2.45. The Morgan fingerprint density at radius 2 is 1.79 bits per heavy atom. The zero-order valence-corrected chi connectivity index (χ0v) is 18.9. The summed E-state index contributed by atoms with van der Waals surface area (Å²) in [6.07, 6.45) is 5.38. The van der Waals surface area contributed by atoms with Gasteiger partial charge in [0.25, 0.3) is 0 Å². The molecule has 1 fully saturated rings. The van der Waals surface area contributed by atoms with Crippen LogP contribution >= 0.6 is 0 Å². The standard InChI is InChI=1S/C26H29NO6/c1-2-30-22-12-17(8-9-21(22)33-26(29)16-6-4-3-5-7-16)18-14-25(28)27-20-15-24-23(13-19(18)20)31-10-11-32-24/h8-9,12-13,15-16,18H,2-7,10-11,14H2,1H3,(H,27,28)/t18-/m0/s1. The van der Waals surface area contributed by atoms with Gasteiger partial charge in [-0.25, -0.2) is 0 Å². The molecule has 0 unspecified atom stereocenters. The summed E-state index contributed by atoms with van der Waals surface area (Å²) in [5.41, 5.74) is 2.61. The molecular weight excluding hydrogens is 422 g/mol. The molecule has 2 aliphatic heterocycles. The van der Waals surface area contributed by atoms with Crippen molar-refractivity contribution in [2.45, 2.75) is 51.4 Å². The molecular formula is C26H29NO6. The van der Waals surface area contributed by atoms with Crippen molar-refractivity contribution >= 4 is 17.6 Å². The van der Waals surface area contributed by atoms with Crippen molar-refractivity contribution in [1.29, 1.82) is 0 Å². The lowest BCUT2D eigenvalue weighted by atomic mass is 9.84. The summed E-state index contributed by atoms with van der Waals surface area (Å²) >= 11 is 0. The zero-order valence-electron chi connectivity index (χ0n) is 18.9. The number of nitrogens with one attached hydrogen (secondary N) is 1. The molecule has 2 aromatic carbocycles. The van der Waals surface area contributed by atoms with Crippen molar-refractivity contribution in [3.8, 4) is 23.0 Å². The van der Waals surface area contributed by atoms with Crippen LogP contribution in [0.4, 0.5) is 5.69 Å². The van der Waals surface area contributed by atoms with Gasteiger partial charge in [-0.05, 0) is 49.1 Å². The number of carbonyl (C=O) groups excluding carboxylic acids is 2. The van der Waals surface area contributed by atoms with Gasteiger partial charge in [0.15, 0.2) is 23.0 Å². The van der Waals surface area contributed by atoms with Crippen molar-refractivity contribution < 1.29 is 28.5 Å². The van der Waals surface area contributed by atoms with Crippen molar-refractivity contribution in [1.82, 2.24) is 0 Å². The molecule has 7 nitrogen and oxygen atoms in total. The maximum Gasteiger partial charge on any atom is 0.314 e. The summed E-state index contributed by atoms with van der Waals surface area (Å²) in [6.45, 7) is 3.32. The lowest BCUT2D eigenvalue weighted by molar-refractivity contribution is -0.140. The molecule has 0 bridgehead atoms. The molecule has 7 heteroatoms. The van der Waals surface area contributed by atoms with E-state index in [1.165, 1.54) is 6.42 Å². The highest BCUT2D eigenvalue weighted by molar-refractivity contribution is 5.96. The van der Waals surface area contributed by atoms with E-state index >= 15 is 0 Å². The molecule has 0 saturated heterocycles. The van der Waals surface area contributed by atoms with Gasteiger partial charge >= 0.3 is 5.97 Å². The second-order valence-corrected chi connectivity index (χ2v) is 8.78. The van der Waals surface area contributed by atoms with Crippen LogP contribution in [0.1, 0.15) is 62.5 Å². The summed E-state index contributed by atoms with van der Waals surface area (Å²) in [4.78, 5) is 25.2. The van der Waals surface area contributed by atoms with Crippen molar-refractivity contribution in [2.75, 3.05) is 25.1 Å². The molecule has 1 N–H and O–H groups in total. The normalized spacial score (nSPS) is 19.9. The van der Waals surface area contributed by atoms with Gasteiger partial charge < -0.3 is 24.3 Å². The second kappa shape index (κ2) is 9.33. The summed E-state index contributed by atoms with van der Waals surface area (Å²) in [5, 5.41) is 2.95. The van der Waals surface area contributed by atoms with Gasteiger partial charge in [0.05, 0.1) is 12.5 Å². The lowest BCUT2D eigenvalue weighted by Gasteiger charge is -2.29. The largest absolute Gasteiger partial charge is 0.490 e. The number of hydrogen-bond acceptors (Lipinski definition) is 6. The molecule has 1 saturated carbocycles. The van der Waals surface area contributed by atoms with Gasteiger partial charge in [0.2, 0.25) is 5.91 Å². The molecule has 2 aromatic rings. The summed E-state index contributed by atoms with van der Waals surface area (Å²) in [6, 6.07) is 9.36. The Kier molecular flexibility index (Phi) is 6.11. The maximum absolute atomic E-state index is 12.7. The number of carbonyl (C=O) groups is 2. The number of ether oxygens (including phenoxy) is 4. The molecule has 0 radical (unpaired) electrons. The fraction of sp³-hybridized carbons (Fsp3) is 0.462. The minimum Gasteiger partial charge on any atom is -0.490 e. The molecule has 0 spiro atoms. The number of benzene rings is 2. The van der Waals surface area contributed by atoms with E-state index in [4.69, 9.17) is 18.9 Å². The summed E-state index contributed by atoms with van der Waals surface area (Å²) in [7, 11) is 0. The minimum atomic E-state index is -0.186. The maximum atomic E-state index is 12.7. The Bertz CT molecular complexity index is 1060. The van der Waals surface area contributed by atoms with E-state index in [9.17, 15) is 9.59 Å². The first-order chi connectivity index (χ1) is 16.1. The van der Waals surface area contributed by atoms with Gasteiger partial charge in [-0.2, -0.15) is 0 Å². The Balaban J connectivity index is 1.45. The predicted molar refractivity (Wildman–Crippen MR) is 122 cm³/mol. The fourth-order valence-electron chi connectivity index (χ4n) is 4.92. The van der Waals surface area contributed by atoms with Crippen LogP contribution in [0.3, 0.4) is 0 Å². The molecule has 3 aliphatic rings. The molecule has 33 heavy (non-hydrogen) atoms. The average Bonchev–Trinajstić information content (AvgIpc) is 2.84. The van der Waals surface area contributed by atoms with Crippen LogP contribution in [-0.4, -0.2) is 31.7 Å². The first kappa shape index (κ1) is 21.6. The van der Waals surface area contributed by atoms with Gasteiger partial charge in [-0.1, -0.05) is 25.3 Å². The molecule has 1 amide bonds. The van der Waals surface area contributed by atoms with Crippen LogP contribution in [0.5, 0.6) is 23.0 Å². The van der Waals surface area contributed by atoms with E-state index < -0.39 is 0 Å². The van der Waals surface area contributed by atoms with Gasteiger partial charge in [0.1, 0.15) is 13.2 Å². The Labute approximate surface area is 193 Å². The topological polar surface area (TPSA) is 83.1 Å². The van der Waals surface area contributed by atoms with Gasteiger partial charge in [0, 0.05) is 24.1 Å². The summed E-state index contributed by atoms with van der Waals surface area (Å²) < 4.78 is 23.0. The van der Waals surface area contributed by atoms with Crippen molar-refractivity contribution in [3.63, 3.8) is 0 Å². The van der Waals surface area contributed by atoms with E-state index in [-0.39, 0.29) is 23.7 Å². The Hall–Kier alpha value is -3.22. The first-order valence-electron chi connectivity index (χ1n) is 11.8. The zero-order chi connectivity index (χ0) is 22.8. The van der Waals surface area contributed by atoms with Crippen LogP contribution in [0.25, 0.3) is 0 Å². The molecule has 0 aromatic heterocycles. The fourth-order valence-corrected chi connectivity index (χ4v) is 4.92. The van der Waals surface area contributed by atoms with Crippen molar-refractivity contribution in [2.24, 2.45) is 5.92 Å². The number of amides is 1. The molecule has 1 aliphatic carbocycles. The molecule has 174 valence electrons. The van der Waals surface area contributed by atoms with E-state index in [2.05, 4.69) is 5.32 Å². The van der Waals surface area contributed by atoms with E-state index in [1.807, 2.05) is 31.2 Å². The number of rotatable bonds is 5. The van der Waals surface area contributed by atoms with Gasteiger partial charge in [-0.3, -0.25) is 9.59 Å². The van der Waals surface area contributed by atoms with Gasteiger partial charge in [-0.15, -0.1) is 0 Å². The molecule has 1 atom stereocenters. The Morgan fingerprint density at radius 1 is 1.03 bits per heavy atom. The minimum absolute atomic E-state index is 0.0461. The number of anilines is 1. The van der Waals surface area contributed by atoms with Crippen LogP contribution in [0.15, 0.2) is 30.3 Å². The van der Waals surface area contributed by atoms with Crippen LogP contribution in [0, 0.1) is 5.92 Å². The smallest absolute Gasteiger partial charge is 0.314 e. The van der Waals surface area contributed by atoms with E-state index in [1.54, 1.807) is 6.07 Å². The third-order valence-electron chi connectivity index (χ3n) is 6.57. The lowest BCUT2D eigenvalue weighted by Crippen LogP contribution is -2.25. The quantitative estimate of drug-likeness (QED) is 0.519. The third kappa shape index (κ3) is 4.49. The molecule has 5 rings (SSSR count). The SMILES string of the molecule is CCOc1cc([C@@H]2CC(=O)Nc3cc4c(cc32)OCCO4)ccc1OC(=O)C1CCCCC1. The summed E-state index contributed by atoms with van der Waals surface area (Å²) in [5.74, 6) is 1.81. The average molecular weight is 452 g/mol. The predicted octanol–water partition coefficient (Wildman–Crippen LogP) is 4.82. The molecule has 2 heterocycles. The monoisotopic (exact) mass is 451 g/mol. The number of esters is 1. The highest BCUT2D eigenvalue weighted by atomic mass is 16.6. The Morgan fingerprint density at radius 3 is 2.55 bits per heavy atom. The third-order valence-corrected chi connectivity index (χ3v) is 6.57. The van der Waals surface area contributed by atoms with Crippen LogP contribution in [-0.2, 0) is 9.59 Å². The van der Waals surface area contributed by atoms with Crippen molar-refractivity contribution in [3.05, 3.63) is 41.5 Å². The number of hydrogen-bond donors (Lipinski definition) is 1. The highest BCUT2D eigenvalue weighted by Gasteiger charge is 2.30. The number of fused-ring (bicyclic) bond motifs is 2. The van der Waals surface area contributed by atoms with E-state index in [0.717, 1.165) is 42.5 Å². The van der Waals surface area contributed by atoms with Crippen LogP contribution < -0.4 is 24.3 Å². The van der Waals surface area contributed by atoms with E-state index in [0.29, 0.717) is 49.2 Å². The van der Waals surface area contributed by atoms with Crippen LogP contribution in [0.2, 0.25) is 0 Å². The second-order valence-electron chi connectivity index (χ2n) is 8.78.